The number of aldehydes is 1. The van der Waals surface area contributed by atoms with Crippen molar-refractivity contribution in [2.24, 2.45) is 0 Å². The van der Waals surface area contributed by atoms with Crippen LogP contribution >= 0.6 is 0 Å². The molecule has 0 saturated carbocycles. The summed E-state index contributed by atoms with van der Waals surface area (Å²) >= 11 is 0. The first-order valence-electron chi connectivity index (χ1n) is 5.24. The Bertz CT molecular complexity index is 367. The molecule has 0 aliphatic heterocycles. The van der Waals surface area contributed by atoms with Crippen molar-refractivity contribution in [2.75, 3.05) is 0 Å². The normalized spacial score (nSPS) is 14.2. The van der Waals surface area contributed by atoms with E-state index in [-0.39, 0.29) is 18.0 Å². The second-order valence-electron chi connectivity index (χ2n) is 3.85. The summed E-state index contributed by atoms with van der Waals surface area (Å²) in [6, 6.07) is 3.57. The first kappa shape index (κ1) is 12.5. The monoisotopic (exact) mass is 224 g/mol. The molecule has 1 rings (SSSR count). The van der Waals surface area contributed by atoms with Gasteiger partial charge in [0.2, 0.25) is 0 Å². The lowest BCUT2D eigenvalue weighted by molar-refractivity contribution is -0.145. The van der Waals surface area contributed by atoms with Crippen molar-refractivity contribution in [3.8, 4) is 0 Å². The van der Waals surface area contributed by atoms with Gasteiger partial charge in [-0.15, -0.1) is 0 Å². The zero-order valence-corrected chi connectivity index (χ0v) is 9.73. The molecule has 0 N–H and O–H groups in total. The van der Waals surface area contributed by atoms with Gasteiger partial charge in [-0.25, -0.2) is 0 Å². The topological polar surface area (TPSA) is 56.5 Å². The van der Waals surface area contributed by atoms with E-state index < -0.39 is 0 Å². The highest BCUT2D eigenvalue weighted by Gasteiger charge is 2.12. The fraction of sp³-hybridized carbons (Fsp3) is 0.500. The van der Waals surface area contributed by atoms with Gasteiger partial charge in [0.25, 0.3) is 0 Å². The summed E-state index contributed by atoms with van der Waals surface area (Å²) in [5, 5.41) is 0. The summed E-state index contributed by atoms with van der Waals surface area (Å²) in [5.74, 6) is 0.816. The summed E-state index contributed by atoms with van der Waals surface area (Å²) in [7, 11) is 0. The molecule has 0 fully saturated rings. The van der Waals surface area contributed by atoms with Crippen LogP contribution in [0.5, 0.6) is 0 Å². The molecule has 4 nitrogen and oxygen atoms in total. The van der Waals surface area contributed by atoms with E-state index in [9.17, 15) is 9.59 Å². The van der Waals surface area contributed by atoms with E-state index in [2.05, 4.69) is 0 Å². The Morgan fingerprint density at radius 2 is 2.19 bits per heavy atom. The summed E-state index contributed by atoms with van der Waals surface area (Å²) in [5.41, 5.74) is 0. The molecular formula is C12H16O4. The van der Waals surface area contributed by atoms with Gasteiger partial charge in [0.15, 0.2) is 0 Å². The van der Waals surface area contributed by atoms with E-state index in [1.807, 2.05) is 0 Å². The Morgan fingerprint density at radius 3 is 2.75 bits per heavy atom. The van der Waals surface area contributed by atoms with Gasteiger partial charge in [-0.1, -0.05) is 0 Å². The molecular weight excluding hydrogens is 208 g/mol. The summed E-state index contributed by atoms with van der Waals surface area (Å²) in [6.45, 7) is 4.94. The minimum Gasteiger partial charge on any atom is -0.465 e. The highest BCUT2D eigenvalue weighted by molar-refractivity contribution is 5.66. The predicted octanol–water partition coefficient (Wildman–Crippen LogP) is 2.08. The lowest BCUT2D eigenvalue weighted by Gasteiger charge is -2.09. The van der Waals surface area contributed by atoms with Crippen molar-refractivity contribution in [2.45, 2.75) is 39.2 Å². The van der Waals surface area contributed by atoms with Crippen molar-refractivity contribution in [3.05, 3.63) is 23.7 Å². The Hall–Kier alpha value is -1.58. The quantitative estimate of drug-likeness (QED) is 0.567. The first-order valence-corrected chi connectivity index (χ1v) is 5.24. The van der Waals surface area contributed by atoms with Crippen LogP contribution in [0.25, 0.3) is 0 Å². The number of carbonyl (C=O) groups excluding carboxylic acids is 2. The number of furan rings is 1. The Kier molecular flexibility index (Phi) is 4.28. The van der Waals surface area contributed by atoms with E-state index in [1.165, 1.54) is 6.92 Å². The minimum absolute atomic E-state index is 0.219. The van der Waals surface area contributed by atoms with E-state index in [0.717, 1.165) is 12.0 Å². The zero-order chi connectivity index (χ0) is 12.1. The van der Waals surface area contributed by atoms with Crippen molar-refractivity contribution in [3.63, 3.8) is 0 Å². The maximum atomic E-state index is 10.7. The van der Waals surface area contributed by atoms with Gasteiger partial charge >= 0.3 is 5.97 Å². The van der Waals surface area contributed by atoms with Crippen LogP contribution in [0.4, 0.5) is 0 Å². The Morgan fingerprint density at radius 1 is 1.50 bits per heavy atom. The number of hydrogen-bond donors (Lipinski definition) is 0. The largest absolute Gasteiger partial charge is 0.465 e. The molecule has 2 atom stereocenters. The van der Waals surface area contributed by atoms with Gasteiger partial charge in [-0.05, 0) is 26.0 Å². The minimum atomic E-state index is -0.305. The molecule has 0 aromatic carbocycles. The molecule has 0 amide bonds. The van der Waals surface area contributed by atoms with E-state index >= 15 is 0 Å². The third-order valence-electron chi connectivity index (χ3n) is 2.19. The van der Waals surface area contributed by atoms with Crippen molar-refractivity contribution in [1.82, 2.24) is 0 Å². The molecule has 0 aliphatic carbocycles. The molecule has 0 saturated heterocycles. The number of carbonyl (C=O) groups is 2. The highest BCUT2D eigenvalue weighted by atomic mass is 16.5. The molecule has 0 spiro atoms. The molecule has 0 aliphatic rings. The Labute approximate surface area is 94.6 Å². The first-order chi connectivity index (χ1) is 7.52. The van der Waals surface area contributed by atoms with Crippen LogP contribution in [0.3, 0.4) is 0 Å². The third kappa shape index (κ3) is 3.53. The maximum absolute atomic E-state index is 10.7. The van der Waals surface area contributed by atoms with Gasteiger partial charge in [0.1, 0.15) is 23.9 Å². The van der Waals surface area contributed by atoms with Gasteiger partial charge in [0, 0.05) is 13.3 Å². The fourth-order valence-electron chi connectivity index (χ4n) is 1.42. The van der Waals surface area contributed by atoms with E-state index in [4.69, 9.17) is 9.15 Å². The van der Waals surface area contributed by atoms with Crippen LogP contribution in [-0.4, -0.2) is 18.4 Å². The second kappa shape index (κ2) is 5.49. The van der Waals surface area contributed by atoms with Crippen LogP contribution in [0, 0.1) is 0 Å². The average molecular weight is 224 g/mol. The smallest absolute Gasteiger partial charge is 0.302 e. The van der Waals surface area contributed by atoms with E-state index in [1.54, 1.807) is 26.0 Å². The van der Waals surface area contributed by atoms with Crippen molar-refractivity contribution >= 4 is 12.3 Å². The molecule has 0 bridgehead atoms. The molecule has 1 heterocycles. The van der Waals surface area contributed by atoms with Crippen molar-refractivity contribution in [1.29, 1.82) is 0 Å². The lowest BCUT2D eigenvalue weighted by atomic mass is 10.1. The number of rotatable bonds is 5. The average Bonchev–Trinajstić information content (AvgIpc) is 2.63. The van der Waals surface area contributed by atoms with Gasteiger partial charge < -0.3 is 13.9 Å². The summed E-state index contributed by atoms with van der Waals surface area (Å²) in [6.07, 6.45) is 1.13. The predicted molar refractivity (Wildman–Crippen MR) is 58.1 cm³/mol. The molecule has 1 aromatic rings. The molecule has 4 heteroatoms. The molecule has 16 heavy (non-hydrogen) atoms. The fourth-order valence-corrected chi connectivity index (χ4v) is 1.42. The second-order valence-corrected chi connectivity index (χ2v) is 3.85. The SMILES string of the molecule is CC(=O)OC(C)Cc1ccc(C(C)C=O)o1. The summed E-state index contributed by atoms with van der Waals surface area (Å²) in [4.78, 5) is 21.3. The van der Waals surface area contributed by atoms with Gasteiger partial charge in [0.05, 0.1) is 5.92 Å². The standard InChI is InChI=1S/C12H16O4/c1-8(7-13)12-5-4-11(16-12)6-9(2)15-10(3)14/h4-5,7-9H,6H2,1-3H3. The van der Waals surface area contributed by atoms with Crippen LogP contribution in [-0.2, 0) is 20.7 Å². The summed E-state index contributed by atoms with van der Waals surface area (Å²) < 4.78 is 10.4. The number of ether oxygens (including phenoxy) is 1. The number of esters is 1. The third-order valence-corrected chi connectivity index (χ3v) is 2.19. The van der Waals surface area contributed by atoms with Crippen LogP contribution in [0.15, 0.2) is 16.5 Å². The molecule has 2 unspecified atom stereocenters. The molecule has 1 aromatic heterocycles. The van der Waals surface area contributed by atoms with Crippen LogP contribution in [0.1, 0.15) is 38.2 Å². The van der Waals surface area contributed by atoms with Crippen LogP contribution in [0.2, 0.25) is 0 Å². The van der Waals surface area contributed by atoms with Crippen LogP contribution < -0.4 is 0 Å². The number of hydrogen-bond acceptors (Lipinski definition) is 4. The molecule has 88 valence electrons. The molecule has 0 radical (unpaired) electrons. The highest BCUT2D eigenvalue weighted by Crippen LogP contribution is 2.18. The van der Waals surface area contributed by atoms with Gasteiger partial charge in [-0.2, -0.15) is 0 Å². The maximum Gasteiger partial charge on any atom is 0.302 e. The zero-order valence-electron chi connectivity index (χ0n) is 9.73. The van der Waals surface area contributed by atoms with E-state index in [0.29, 0.717) is 12.2 Å². The Balaban J connectivity index is 2.58. The van der Waals surface area contributed by atoms with Crippen molar-refractivity contribution < 1.29 is 18.7 Å². The lowest BCUT2D eigenvalue weighted by Crippen LogP contribution is -2.14. The van der Waals surface area contributed by atoms with Gasteiger partial charge in [-0.3, -0.25) is 4.79 Å².